The molecule has 0 bridgehead atoms. The van der Waals surface area contributed by atoms with Crippen LogP contribution in [0.3, 0.4) is 0 Å². The Morgan fingerprint density at radius 1 is 1.03 bits per heavy atom. The van der Waals surface area contributed by atoms with E-state index in [0.29, 0.717) is 43.7 Å². The molecule has 0 spiro atoms. The topological polar surface area (TPSA) is 45.6 Å². The van der Waals surface area contributed by atoms with Crippen LogP contribution in [0.5, 0.6) is 0 Å². The Kier molecular flexibility index (Phi) is 6.41. The van der Waals surface area contributed by atoms with Gasteiger partial charge in [-0.25, -0.2) is 8.42 Å². The van der Waals surface area contributed by atoms with E-state index in [9.17, 15) is 8.42 Å². The molecule has 0 aliphatic carbocycles. The maximum absolute atomic E-state index is 13.1. The number of hydrogen-bond acceptors (Lipinski definition) is 5. The Balaban J connectivity index is 1.43. The van der Waals surface area contributed by atoms with Crippen molar-refractivity contribution in [2.24, 2.45) is 0 Å². The van der Waals surface area contributed by atoms with Crippen molar-refractivity contribution in [3.8, 4) is 0 Å². The smallest absolute Gasteiger partial charge is 0.243 e. The van der Waals surface area contributed by atoms with Crippen molar-refractivity contribution in [3.63, 3.8) is 0 Å². The quantitative estimate of drug-likeness (QED) is 0.489. The number of sulfonamides is 1. The molecule has 0 N–H and O–H groups in total. The molecule has 5 nitrogen and oxygen atoms in total. The Bertz CT molecular complexity index is 1170. The maximum Gasteiger partial charge on any atom is 0.243 e. The third-order valence-electron chi connectivity index (χ3n) is 5.95. The fraction of sp³-hybridized carbons (Fsp3) is 0.409. The fourth-order valence-corrected chi connectivity index (χ4v) is 6.54. The highest BCUT2D eigenvalue weighted by atomic mass is 32.2. The second kappa shape index (κ2) is 8.88. The van der Waals surface area contributed by atoms with Crippen LogP contribution in [0.15, 0.2) is 53.4 Å². The lowest BCUT2D eigenvalue weighted by Gasteiger charge is -2.34. The van der Waals surface area contributed by atoms with E-state index in [2.05, 4.69) is 35.4 Å². The van der Waals surface area contributed by atoms with Crippen LogP contribution in [0.1, 0.15) is 31.7 Å². The highest BCUT2D eigenvalue weighted by molar-refractivity contribution is 7.89. The predicted octanol–water partition coefficient (Wildman–Crippen LogP) is 4.91. The first-order valence-corrected chi connectivity index (χ1v) is 13.0. The van der Waals surface area contributed by atoms with Crippen molar-refractivity contribution in [1.29, 1.82) is 0 Å². The third kappa shape index (κ3) is 4.24. The van der Waals surface area contributed by atoms with Gasteiger partial charge in [-0.05, 0) is 54.4 Å². The molecule has 8 heteroatoms. The molecule has 0 radical (unpaired) electrons. The van der Waals surface area contributed by atoms with Gasteiger partial charge in [-0.3, -0.25) is 4.90 Å². The molecule has 1 aromatic heterocycles. The van der Waals surface area contributed by atoms with Crippen LogP contribution in [0, 0.1) is 3.95 Å². The second-order valence-electron chi connectivity index (χ2n) is 7.81. The van der Waals surface area contributed by atoms with Crippen molar-refractivity contribution in [1.82, 2.24) is 13.8 Å². The summed E-state index contributed by atoms with van der Waals surface area (Å²) in [5.41, 5.74) is 2.32. The van der Waals surface area contributed by atoms with E-state index < -0.39 is 10.0 Å². The average Bonchev–Trinajstić information content (AvgIpc) is 3.08. The summed E-state index contributed by atoms with van der Waals surface area (Å²) in [5.74, 6) is 0.435. The Morgan fingerprint density at radius 2 is 1.70 bits per heavy atom. The number of rotatable bonds is 6. The summed E-state index contributed by atoms with van der Waals surface area (Å²) in [6.07, 6.45) is 1.04. The summed E-state index contributed by atoms with van der Waals surface area (Å²) >= 11 is 7.17. The summed E-state index contributed by atoms with van der Waals surface area (Å²) in [5, 5.41) is 0. The largest absolute Gasteiger partial charge is 0.309 e. The van der Waals surface area contributed by atoms with E-state index in [1.165, 1.54) is 10.3 Å². The van der Waals surface area contributed by atoms with Gasteiger partial charge in [0.05, 0.1) is 21.8 Å². The second-order valence-corrected chi connectivity index (χ2v) is 11.4. The molecule has 160 valence electrons. The number of piperazine rings is 1. The lowest BCUT2D eigenvalue weighted by Crippen LogP contribution is -2.48. The zero-order chi connectivity index (χ0) is 21.3. The fourth-order valence-electron chi connectivity index (χ4n) is 3.81. The van der Waals surface area contributed by atoms with Crippen LogP contribution in [-0.4, -0.2) is 48.4 Å². The predicted molar refractivity (Wildman–Crippen MR) is 126 cm³/mol. The summed E-state index contributed by atoms with van der Waals surface area (Å²) in [6, 6.07) is 15.6. The zero-order valence-corrected chi connectivity index (χ0v) is 19.8. The van der Waals surface area contributed by atoms with Gasteiger partial charge in [-0.1, -0.05) is 38.1 Å². The first kappa shape index (κ1) is 21.6. The van der Waals surface area contributed by atoms with Gasteiger partial charge in [0.25, 0.3) is 0 Å². The van der Waals surface area contributed by atoms with E-state index in [1.807, 2.05) is 24.3 Å². The molecular weight excluding hydrogens is 434 g/mol. The minimum absolute atomic E-state index is 0.383. The van der Waals surface area contributed by atoms with Gasteiger partial charge in [0.15, 0.2) is 3.95 Å². The first-order valence-electron chi connectivity index (χ1n) is 10.3. The Hall–Kier alpha value is -1.58. The molecular formula is C22H27N3O2S3. The molecule has 3 aromatic rings. The molecule has 1 aliphatic rings. The van der Waals surface area contributed by atoms with Crippen LogP contribution in [0.25, 0.3) is 10.2 Å². The number of para-hydroxylation sites is 1. The number of thiazole rings is 1. The average molecular weight is 462 g/mol. The summed E-state index contributed by atoms with van der Waals surface area (Å²) in [6.45, 7) is 7.36. The van der Waals surface area contributed by atoms with Gasteiger partial charge >= 0.3 is 0 Å². The van der Waals surface area contributed by atoms with Gasteiger partial charge in [0.1, 0.15) is 0 Å². The van der Waals surface area contributed by atoms with Crippen molar-refractivity contribution >= 4 is 43.8 Å². The van der Waals surface area contributed by atoms with Gasteiger partial charge < -0.3 is 4.57 Å². The maximum atomic E-state index is 13.1. The summed E-state index contributed by atoms with van der Waals surface area (Å²) < 4.78 is 31.9. The number of benzene rings is 2. The minimum Gasteiger partial charge on any atom is -0.309 e. The molecule has 1 aliphatic heterocycles. The number of aromatic nitrogens is 1. The SMILES string of the molecule is CC[C@H](C)c1ccc(S(=O)(=O)N2CCN(Cn3c(=S)sc4ccccc43)CC2)cc1. The molecule has 1 atom stereocenters. The van der Waals surface area contributed by atoms with Crippen LogP contribution < -0.4 is 0 Å². The summed E-state index contributed by atoms with van der Waals surface area (Å²) in [7, 11) is -3.46. The first-order chi connectivity index (χ1) is 14.4. The molecule has 0 saturated carbocycles. The van der Waals surface area contributed by atoms with E-state index >= 15 is 0 Å². The van der Waals surface area contributed by atoms with Crippen LogP contribution in [0.4, 0.5) is 0 Å². The van der Waals surface area contributed by atoms with Gasteiger partial charge in [-0.2, -0.15) is 4.31 Å². The molecule has 30 heavy (non-hydrogen) atoms. The number of nitrogens with zero attached hydrogens (tertiary/aromatic N) is 3. The van der Waals surface area contributed by atoms with Gasteiger partial charge in [0.2, 0.25) is 10.0 Å². The van der Waals surface area contributed by atoms with Crippen molar-refractivity contribution in [2.45, 2.75) is 37.8 Å². The van der Waals surface area contributed by atoms with E-state index in [1.54, 1.807) is 27.8 Å². The normalized spacial score (nSPS) is 17.4. The molecule has 2 aromatic carbocycles. The van der Waals surface area contributed by atoms with Crippen LogP contribution >= 0.6 is 23.6 Å². The Labute approximate surface area is 187 Å². The molecule has 1 fully saturated rings. The molecule has 2 heterocycles. The van der Waals surface area contributed by atoms with E-state index in [0.717, 1.165) is 15.9 Å². The van der Waals surface area contributed by atoms with Crippen LogP contribution in [-0.2, 0) is 16.7 Å². The Morgan fingerprint density at radius 3 is 2.37 bits per heavy atom. The van der Waals surface area contributed by atoms with Crippen LogP contribution in [0.2, 0.25) is 0 Å². The van der Waals surface area contributed by atoms with E-state index in [4.69, 9.17) is 12.2 Å². The molecule has 4 rings (SSSR count). The molecule has 0 unspecified atom stereocenters. The minimum atomic E-state index is -3.46. The number of hydrogen-bond donors (Lipinski definition) is 0. The molecule has 1 saturated heterocycles. The van der Waals surface area contributed by atoms with Crippen molar-refractivity contribution in [2.75, 3.05) is 26.2 Å². The lowest BCUT2D eigenvalue weighted by atomic mass is 9.99. The van der Waals surface area contributed by atoms with Gasteiger partial charge in [0, 0.05) is 26.2 Å². The summed E-state index contributed by atoms with van der Waals surface area (Å²) in [4.78, 5) is 2.65. The highest BCUT2D eigenvalue weighted by Crippen LogP contribution is 2.25. The third-order valence-corrected chi connectivity index (χ3v) is 9.29. The van der Waals surface area contributed by atoms with E-state index in [-0.39, 0.29) is 0 Å². The lowest BCUT2D eigenvalue weighted by molar-refractivity contribution is 0.154. The standard InChI is InChI=1S/C22H27N3O2S3/c1-3-17(2)18-8-10-19(11-9-18)30(26,27)24-14-12-23(13-15-24)16-25-20-6-4-5-7-21(20)29-22(25)28/h4-11,17H,3,12-16H2,1-2H3/t17-/m0/s1. The van der Waals surface area contributed by atoms with Crippen molar-refractivity contribution < 1.29 is 8.42 Å². The zero-order valence-electron chi connectivity index (χ0n) is 17.3. The highest BCUT2D eigenvalue weighted by Gasteiger charge is 2.28. The monoisotopic (exact) mass is 461 g/mol. The molecule has 0 amide bonds. The van der Waals surface area contributed by atoms with Crippen molar-refractivity contribution in [3.05, 3.63) is 58.0 Å². The number of fused-ring (bicyclic) bond motifs is 1. The van der Waals surface area contributed by atoms with Gasteiger partial charge in [-0.15, -0.1) is 11.3 Å².